The van der Waals surface area contributed by atoms with Crippen LogP contribution in [0.5, 0.6) is 0 Å². The number of amides is 2. The molecule has 0 fully saturated rings. The number of nitrogens with one attached hydrogen (secondary N) is 3. The molecular formula is C17H17ClFN3O4S. The molecule has 0 radical (unpaired) electrons. The van der Waals surface area contributed by atoms with Gasteiger partial charge in [-0.2, -0.15) is 0 Å². The summed E-state index contributed by atoms with van der Waals surface area (Å²) >= 11 is 5.90. The van der Waals surface area contributed by atoms with Gasteiger partial charge in [0.15, 0.2) is 0 Å². The smallest absolute Gasteiger partial charge is 0.254 e. The van der Waals surface area contributed by atoms with Crippen LogP contribution in [-0.2, 0) is 10.0 Å². The maximum atomic E-state index is 13.5. The van der Waals surface area contributed by atoms with Crippen LogP contribution in [0.1, 0.15) is 20.7 Å². The van der Waals surface area contributed by atoms with E-state index in [0.29, 0.717) is 0 Å². The minimum Gasteiger partial charge on any atom is -0.350 e. The fourth-order valence-corrected chi connectivity index (χ4v) is 2.93. The van der Waals surface area contributed by atoms with E-state index in [0.717, 1.165) is 6.26 Å². The molecule has 0 aliphatic rings. The van der Waals surface area contributed by atoms with Crippen molar-refractivity contribution >= 4 is 39.1 Å². The Morgan fingerprint density at radius 1 is 1.04 bits per heavy atom. The summed E-state index contributed by atoms with van der Waals surface area (Å²) in [7, 11) is -3.55. The highest BCUT2D eigenvalue weighted by Gasteiger charge is 2.12. The Morgan fingerprint density at radius 3 is 2.30 bits per heavy atom. The van der Waals surface area contributed by atoms with Crippen LogP contribution in [0.15, 0.2) is 42.5 Å². The third-order valence-electron chi connectivity index (χ3n) is 3.34. The quantitative estimate of drug-likeness (QED) is 0.604. The number of anilines is 1. The van der Waals surface area contributed by atoms with Crippen molar-refractivity contribution < 1.29 is 22.4 Å². The lowest BCUT2D eigenvalue weighted by molar-refractivity contribution is 0.0925. The summed E-state index contributed by atoms with van der Waals surface area (Å²) in [6.07, 6.45) is 0.967. The van der Waals surface area contributed by atoms with Crippen molar-refractivity contribution in [1.29, 1.82) is 0 Å². The van der Waals surface area contributed by atoms with E-state index >= 15 is 0 Å². The highest BCUT2D eigenvalue weighted by Crippen LogP contribution is 2.23. The molecule has 0 spiro atoms. The third-order valence-corrected chi connectivity index (χ3v) is 4.26. The Bertz CT molecular complexity index is 966. The van der Waals surface area contributed by atoms with E-state index < -0.39 is 27.7 Å². The van der Waals surface area contributed by atoms with E-state index in [1.807, 2.05) is 0 Å². The predicted octanol–water partition coefficient (Wildman–Crippen LogP) is 2.01. The first-order chi connectivity index (χ1) is 12.7. The molecule has 0 saturated heterocycles. The van der Waals surface area contributed by atoms with Crippen LogP contribution >= 0.6 is 11.6 Å². The number of benzene rings is 2. The number of halogens is 2. The average Bonchev–Trinajstić information content (AvgIpc) is 2.59. The molecule has 0 bridgehead atoms. The Kier molecular flexibility index (Phi) is 6.75. The van der Waals surface area contributed by atoms with Gasteiger partial charge < -0.3 is 10.6 Å². The largest absolute Gasteiger partial charge is 0.350 e. The van der Waals surface area contributed by atoms with Crippen LogP contribution in [0.3, 0.4) is 0 Å². The second kappa shape index (κ2) is 8.83. The van der Waals surface area contributed by atoms with Gasteiger partial charge >= 0.3 is 0 Å². The molecular weight excluding hydrogens is 397 g/mol. The number of carbonyl (C=O) groups is 2. The van der Waals surface area contributed by atoms with Crippen LogP contribution in [-0.4, -0.2) is 39.6 Å². The van der Waals surface area contributed by atoms with Crippen molar-refractivity contribution in [3.05, 3.63) is 64.4 Å². The molecule has 0 aliphatic heterocycles. The fraction of sp³-hybridized carbons (Fsp3) is 0.176. The third kappa shape index (κ3) is 6.22. The van der Waals surface area contributed by atoms with Gasteiger partial charge in [0.05, 0.1) is 22.5 Å². The van der Waals surface area contributed by atoms with Gasteiger partial charge in [-0.25, -0.2) is 12.8 Å². The van der Waals surface area contributed by atoms with Crippen LogP contribution < -0.4 is 15.4 Å². The van der Waals surface area contributed by atoms with Gasteiger partial charge in [-0.1, -0.05) is 23.7 Å². The molecule has 0 heterocycles. The average molecular weight is 414 g/mol. The summed E-state index contributed by atoms with van der Waals surface area (Å²) < 4.78 is 38.3. The predicted molar refractivity (Wildman–Crippen MR) is 101 cm³/mol. The molecule has 0 aliphatic carbocycles. The number of hydrogen-bond acceptors (Lipinski definition) is 4. The highest BCUT2D eigenvalue weighted by molar-refractivity contribution is 7.92. The summed E-state index contributed by atoms with van der Waals surface area (Å²) in [6, 6.07) is 9.68. The second-order valence-electron chi connectivity index (χ2n) is 5.56. The lowest BCUT2D eigenvalue weighted by Gasteiger charge is -2.10. The van der Waals surface area contributed by atoms with Crippen LogP contribution in [0, 0.1) is 5.82 Å². The SMILES string of the molecule is CS(=O)(=O)Nc1cc(C(=O)NCCNC(=O)c2ccccc2F)ccc1Cl. The molecule has 2 aromatic carbocycles. The van der Waals surface area contributed by atoms with Crippen LogP contribution in [0.25, 0.3) is 0 Å². The molecule has 7 nitrogen and oxygen atoms in total. The molecule has 0 saturated carbocycles. The Morgan fingerprint density at radius 2 is 1.67 bits per heavy atom. The number of rotatable bonds is 7. The van der Waals surface area contributed by atoms with Crippen molar-refractivity contribution in [3.63, 3.8) is 0 Å². The van der Waals surface area contributed by atoms with Gasteiger partial charge in [0, 0.05) is 18.7 Å². The monoisotopic (exact) mass is 413 g/mol. The minimum atomic E-state index is -3.55. The maximum absolute atomic E-state index is 13.5. The first kappa shape index (κ1) is 20.7. The van der Waals surface area contributed by atoms with Gasteiger partial charge in [0.1, 0.15) is 5.82 Å². The minimum absolute atomic E-state index is 0.0830. The summed E-state index contributed by atoms with van der Waals surface area (Å²) in [5.41, 5.74) is 0.184. The normalized spacial score (nSPS) is 10.9. The molecule has 2 rings (SSSR count). The van der Waals surface area contributed by atoms with Crippen molar-refractivity contribution in [2.75, 3.05) is 24.1 Å². The molecule has 144 valence electrons. The molecule has 27 heavy (non-hydrogen) atoms. The Balaban J connectivity index is 1.90. The van der Waals surface area contributed by atoms with Gasteiger partial charge in [-0.3, -0.25) is 14.3 Å². The van der Waals surface area contributed by atoms with Gasteiger partial charge in [0.25, 0.3) is 11.8 Å². The lowest BCUT2D eigenvalue weighted by Crippen LogP contribution is -2.35. The van der Waals surface area contributed by atoms with Crippen LogP contribution in [0.4, 0.5) is 10.1 Å². The van der Waals surface area contributed by atoms with Crippen LogP contribution in [0.2, 0.25) is 5.02 Å². The van der Waals surface area contributed by atoms with E-state index in [9.17, 15) is 22.4 Å². The standard InChI is InChI=1S/C17H17ClFN3O4S/c1-27(25,26)22-15-10-11(6-7-13(15)18)16(23)20-8-9-21-17(24)12-4-2-3-5-14(12)19/h2-7,10,22H,8-9H2,1H3,(H,20,23)(H,21,24). The highest BCUT2D eigenvalue weighted by atomic mass is 35.5. The molecule has 0 unspecified atom stereocenters. The Hall–Kier alpha value is -2.65. The number of hydrogen-bond donors (Lipinski definition) is 3. The number of carbonyl (C=O) groups excluding carboxylic acids is 2. The molecule has 0 aromatic heterocycles. The van der Waals surface area contributed by atoms with Crippen molar-refractivity contribution in [3.8, 4) is 0 Å². The van der Waals surface area contributed by atoms with E-state index in [1.165, 1.54) is 36.4 Å². The summed E-state index contributed by atoms with van der Waals surface area (Å²) in [5, 5.41) is 5.20. The Labute approximate surface area is 161 Å². The molecule has 2 aromatic rings. The van der Waals surface area contributed by atoms with Crippen molar-refractivity contribution in [2.24, 2.45) is 0 Å². The zero-order valence-electron chi connectivity index (χ0n) is 14.3. The first-order valence-corrected chi connectivity index (χ1v) is 10.0. The summed E-state index contributed by atoms with van der Waals surface area (Å²) in [5.74, 6) is -1.71. The lowest BCUT2D eigenvalue weighted by atomic mass is 10.2. The zero-order chi connectivity index (χ0) is 20.0. The second-order valence-corrected chi connectivity index (χ2v) is 7.72. The van der Waals surface area contributed by atoms with Gasteiger partial charge in [-0.05, 0) is 30.3 Å². The van der Waals surface area contributed by atoms with Gasteiger partial charge in [0.2, 0.25) is 10.0 Å². The van der Waals surface area contributed by atoms with Gasteiger partial charge in [-0.15, -0.1) is 0 Å². The number of sulfonamides is 1. The summed E-state index contributed by atoms with van der Waals surface area (Å²) in [6.45, 7) is 0.178. The molecule has 3 N–H and O–H groups in total. The molecule has 0 atom stereocenters. The maximum Gasteiger partial charge on any atom is 0.254 e. The fourth-order valence-electron chi connectivity index (χ4n) is 2.14. The van der Waals surface area contributed by atoms with E-state index in [-0.39, 0.29) is 34.9 Å². The van der Waals surface area contributed by atoms with Crippen molar-refractivity contribution in [1.82, 2.24) is 10.6 Å². The summed E-state index contributed by atoms with van der Waals surface area (Å²) in [4.78, 5) is 24.0. The molecule has 2 amide bonds. The molecule has 10 heteroatoms. The first-order valence-electron chi connectivity index (χ1n) is 7.75. The topological polar surface area (TPSA) is 104 Å². The van der Waals surface area contributed by atoms with Crippen molar-refractivity contribution in [2.45, 2.75) is 0 Å². The van der Waals surface area contributed by atoms with E-state index in [2.05, 4.69) is 15.4 Å². The zero-order valence-corrected chi connectivity index (χ0v) is 15.8. The van der Waals surface area contributed by atoms with E-state index in [4.69, 9.17) is 11.6 Å². The van der Waals surface area contributed by atoms with E-state index in [1.54, 1.807) is 6.07 Å².